The second-order valence-corrected chi connectivity index (χ2v) is 5.47. The molecule has 0 unspecified atom stereocenters. The molecule has 0 saturated carbocycles. The summed E-state index contributed by atoms with van der Waals surface area (Å²) in [6, 6.07) is 4.00. The Morgan fingerprint density at radius 3 is 2.62 bits per heavy atom. The first-order chi connectivity index (χ1) is 7.81. The lowest BCUT2D eigenvalue weighted by atomic mass is 10.3. The van der Waals surface area contributed by atoms with Crippen molar-refractivity contribution in [3.63, 3.8) is 0 Å². The summed E-state index contributed by atoms with van der Waals surface area (Å²) in [5.41, 5.74) is 0. The number of alkyl halides is 1. The third-order valence-electron chi connectivity index (χ3n) is 2.81. The molecule has 3 nitrogen and oxygen atoms in total. The van der Waals surface area contributed by atoms with Gasteiger partial charge in [0, 0.05) is 44.3 Å². The van der Waals surface area contributed by atoms with Crippen LogP contribution >= 0.6 is 31.9 Å². The van der Waals surface area contributed by atoms with Crippen molar-refractivity contribution >= 4 is 37.7 Å². The van der Waals surface area contributed by atoms with Gasteiger partial charge in [-0.25, -0.2) is 4.98 Å². The molecule has 2 rings (SSSR count). The van der Waals surface area contributed by atoms with E-state index in [1.54, 1.807) is 0 Å². The zero-order chi connectivity index (χ0) is 11.4. The van der Waals surface area contributed by atoms with E-state index in [9.17, 15) is 0 Å². The van der Waals surface area contributed by atoms with Crippen LogP contribution in [0.3, 0.4) is 0 Å². The summed E-state index contributed by atoms with van der Waals surface area (Å²) in [6.07, 6.45) is 1.85. The van der Waals surface area contributed by atoms with E-state index >= 15 is 0 Å². The molecule has 5 heteroatoms. The highest BCUT2D eigenvalue weighted by molar-refractivity contribution is 9.10. The molecule has 1 aliphatic rings. The quantitative estimate of drug-likeness (QED) is 0.782. The molecule has 0 spiro atoms. The average Bonchev–Trinajstić information content (AvgIpc) is 2.31. The van der Waals surface area contributed by atoms with E-state index in [2.05, 4.69) is 46.6 Å². The Balaban J connectivity index is 1.96. The number of rotatable bonds is 3. The zero-order valence-electron chi connectivity index (χ0n) is 9.07. The van der Waals surface area contributed by atoms with Crippen LogP contribution in [0.4, 0.5) is 5.82 Å². The van der Waals surface area contributed by atoms with Gasteiger partial charge in [-0.1, -0.05) is 15.9 Å². The Bertz CT molecular complexity index is 338. The van der Waals surface area contributed by atoms with Crippen LogP contribution in [0, 0.1) is 0 Å². The zero-order valence-corrected chi connectivity index (χ0v) is 12.2. The fourth-order valence-electron chi connectivity index (χ4n) is 1.91. The largest absolute Gasteiger partial charge is 0.353 e. The van der Waals surface area contributed by atoms with Gasteiger partial charge in [0.1, 0.15) is 5.82 Å². The fourth-order valence-corrected chi connectivity index (χ4v) is 2.92. The number of piperazine rings is 1. The van der Waals surface area contributed by atoms with Crippen molar-refractivity contribution in [3.05, 3.63) is 22.8 Å². The normalized spacial score (nSPS) is 17.8. The predicted octanol–water partition coefficient (Wildman–Crippen LogP) is 2.36. The van der Waals surface area contributed by atoms with E-state index in [-0.39, 0.29) is 0 Å². The van der Waals surface area contributed by atoms with Crippen LogP contribution in [-0.2, 0) is 0 Å². The first-order valence-electron chi connectivity index (χ1n) is 5.45. The summed E-state index contributed by atoms with van der Waals surface area (Å²) in [5.74, 6) is 1.07. The Labute approximate surface area is 113 Å². The van der Waals surface area contributed by atoms with Gasteiger partial charge in [-0.05, 0) is 28.1 Å². The third-order valence-corrected chi connectivity index (χ3v) is 3.79. The molecule has 1 aromatic rings. The number of anilines is 1. The van der Waals surface area contributed by atoms with Crippen molar-refractivity contribution in [2.45, 2.75) is 0 Å². The van der Waals surface area contributed by atoms with Crippen molar-refractivity contribution in [2.24, 2.45) is 0 Å². The van der Waals surface area contributed by atoms with Gasteiger partial charge in [-0.3, -0.25) is 4.90 Å². The third kappa shape index (κ3) is 2.96. The maximum atomic E-state index is 4.42. The van der Waals surface area contributed by atoms with Crippen LogP contribution in [-0.4, -0.2) is 47.9 Å². The highest BCUT2D eigenvalue weighted by Crippen LogP contribution is 2.23. The summed E-state index contributed by atoms with van der Waals surface area (Å²) in [4.78, 5) is 9.24. The Kier molecular flexibility index (Phi) is 4.61. The van der Waals surface area contributed by atoms with Crippen LogP contribution in [0.1, 0.15) is 0 Å². The van der Waals surface area contributed by atoms with Crippen molar-refractivity contribution in [1.29, 1.82) is 0 Å². The van der Waals surface area contributed by atoms with Crippen molar-refractivity contribution in [1.82, 2.24) is 9.88 Å². The van der Waals surface area contributed by atoms with Gasteiger partial charge >= 0.3 is 0 Å². The first-order valence-corrected chi connectivity index (χ1v) is 7.36. The molecule has 1 aromatic heterocycles. The van der Waals surface area contributed by atoms with E-state index in [1.165, 1.54) is 0 Å². The standard InChI is InChI=1S/C11H15Br2N3/c12-3-5-15-6-8-16(9-7-15)11-10(13)2-1-4-14-11/h1-2,4H,3,5-9H2. The van der Waals surface area contributed by atoms with Crippen molar-refractivity contribution in [2.75, 3.05) is 43.0 Å². The molecule has 0 atom stereocenters. The summed E-state index contributed by atoms with van der Waals surface area (Å²) in [7, 11) is 0. The molecule has 16 heavy (non-hydrogen) atoms. The molecular weight excluding hydrogens is 334 g/mol. The summed E-state index contributed by atoms with van der Waals surface area (Å²) < 4.78 is 1.09. The van der Waals surface area contributed by atoms with E-state index in [1.807, 2.05) is 18.3 Å². The molecule has 0 aromatic carbocycles. The first kappa shape index (κ1) is 12.3. The van der Waals surface area contributed by atoms with Gasteiger partial charge in [0.25, 0.3) is 0 Å². The molecule has 0 N–H and O–H groups in total. The van der Waals surface area contributed by atoms with Gasteiger partial charge in [0.05, 0.1) is 4.47 Å². The van der Waals surface area contributed by atoms with Gasteiger partial charge in [-0.15, -0.1) is 0 Å². The van der Waals surface area contributed by atoms with Gasteiger partial charge in [-0.2, -0.15) is 0 Å². The van der Waals surface area contributed by atoms with Crippen LogP contribution in [0.25, 0.3) is 0 Å². The highest BCUT2D eigenvalue weighted by Gasteiger charge is 2.18. The van der Waals surface area contributed by atoms with Crippen LogP contribution in [0.2, 0.25) is 0 Å². The van der Waals surface area contributed by atoms with E-state index in [0.29, 0.717) is 0 Å². The molecule has 1 saturated heterocycles. The molecule has 2 heterocycles. The second kappa shape index (κ2) is 5.98. The maximum absolute atomic E-state index is 4.42. The number of nitrogens with zero attached hydrogens (tertiary/aromatic N) is 3. The number of aromatic nitrogens is 1. The van der Waals surface area contributed by atoms with Crippen molar-refractivity contribution in [3.8, 4) is 0 Å². The lowest BCUT2D eigenvalue weighted by Crippen LogP contribution is -2.47. The number of pyridine rings is 1. The van der Waals surface area contributed by atoms with Crippen LogP contribution in [0.5, 0.6) is 0 Å². The minimum Gasteiger partial charge on any atom is -0.353 e. The average molecular weight is 349 g/mol. The molecule has 88 valence electrons. The van der Waals surface area contributed by atoms with Crippen molar-refractivity contribution < 1.29 is 0 Å². The van der Waals surface area contributed by atoms with Crippen LogP contribution in [0.15, 0.2) is 22.8 Å². The minimum absolute atomic E-state index is 1.06. The second-order valence-electron chi connectivity index (χ2n) is 3.83. The van der Waals surface area contributed by atoms with E-state index < -0.39 is 0 Å². The summed E-state index contributed by atoms with van der Waals surface area (Å²) in [5, 5.41) is 1.06. The van der Waals surface area contributed by atoms with Gasteiger partial charge < -0.3 is 4.90 Å². The van der Waals surface area contributed by atoms with E-state index in [4.69, 9.17) is 0 Å². The summed E-state index contributed by atoms with van der Waals surface area (Å²) >= 11 is 7.03. The molecule has 0 radical (unpaired) electrons. The van der Waals surface area contributed by atoms with Crippen LogP contribution < -0.4 is 4.90 Å². The topological polar surface area (TPSA) is 19.4 Å². The molecule has 1 aliphatic heterocycles. The number of halogens is 2. The molecular formula is C11H15Br2N3. The van der Waals surface area contributed by atoms with E-state index in [0.717, 1.165) is 48.3 Å². The molecule has 0 aliphatic carbocycles. The summed E-state index contributed by atoms with van der Waals surface area (Å²) in [6.45, 7) is 5.49. The lowest BCUT2D eigenvalue weighted by molar-refractivity contribution is 0.273. The number of hydrogen-bond donors (Lipinski definition) is 0. The number of hydrogen-bond acceptors (Lipinski definition) is 3. The highest BCUT2D eigenvalue weighted by atomic mass is 79.9. The molecule has 0 amide bonds. The lowest BCUT2D eigenvalue weighted by Gasteiger charge is -2.35. The van der Waals surface area contributed by atoms with Gasteiger partial charge in [0.2, 0.25) is 0 Å². The fraction of sp³-hybridized carbons (Fsp3) is 0.545. The smallest absolute Gasteiger partial charge is 0.142 e. The molecule has 0 bridgehead atoms. The Morgan fingerprint density at radius 2 is 2.00 bits per heavy atom. The Hall–Kier alpha value is -0.130. The maximum Gasteiger partial charge on any atom is 0.142 e. The monoisotopic (exact) mass is 347 g/mol. The van der Waals surface area contributed by atoms with Gasteiger partial charge in [0.15, 0.2) is 0 Å². The minimum atomic E-state index is 1.06. The Morgan fingerprint density at radius 1 is 1.25 bits per heavy atom. The molecule has 1 fully saturated rings. The predicted molar refractivity (Wildman–Crippen MR) is 74.4 cm³/mol. The SMILES string of the molecule is BrCCN1CCN(c2ncccc2Br)CC1.